The third kappa shape index (κ3) is 3.35. The maximum absolute atomic E-state index is 12.0. The summed E-state index contributed by atoms with van der Waals surface area (Å²) < 4.78 is 0. The van der Waals surface area contributed by atoms with Crippen molar-refractivity contribution in [3.8, 4) is 0 Å². The standard InChI is InChI=1S/C15H20OS/c1-17-15-9-5-4-8-13(15)10-11-14(16)12-6-2-3-7-12/h4-5,8-9,12H,2-3,6-7,10-11H2,1H3. The summed E-state index contributed by atoms with van der Waals surface area (Å²) in [5.41, 5.74) is 1.33. The van der Waals surface area contributed by atoms with Gasteiger partial charge in [0, 0.05) is 17.2 Å². The lowest BCUT2D eigenvalue weighted by molar-refractivity contribution is -0.122. The minimum atomic E-state index is 0.372. The van der Waals surface area contributed by atoms with E-state index in [-0.39, 0.29) is 0 Å². The number of aryl methyl sites for hydroxylation is 1. The highest BCUT2D eigenvalue weighted by Crippen LogP contribution is 2.28. The second kappa shape index (κ2) is 6.25. The topological polar surface area (TPSA) is 17.1 Å². The summed E-state index contributed by atoms with van der Waals surface area (Å²) in [4.78, 5) is 13.3. The molecular weight excluding hydrogens is 228 g/mol. The van der Waals surface area contributed by atoms with Crippen molar-refractivity contribution in [3.05, 3.63) is 29.8 Å². The lowest BCUT2D eigenvalue weighted by Crippen LogP contribution is -2.11. The molecule has 0 amide bonds. The number of Topliss-reactive ketones (excluding diaryl/α,β-unsaturated/α-hetero) is 1. The third-order valence-corrected chi connectivity index (χ3v) is 4.48. The lowest BCUT2D eigenvalue weighted by Gasteiger charge is -2.09. The third-order valence-electron chi connectivity index (χ3n) is 3.64. The normalized spacial score (nSPS) is 16.3. The Morgan fingerprint density at radius 2 is 2.00 bits per heavy atom. The number of hydrogen-bond donors (Lipinski definition) is 0. The van der Waals surface area contributed by atoms with E-state index in [1.165, 1.54) is 23.3 Å². The molecule has 0 atom stereocenters. The Bertz CT molecular complexity index is 380. The molecule has 0 saturated heterocycles. The van der Waals surface area contributed by atoms with Gasteiger partial charge in [-0.3, -0.25) is 4.79 Å². The number of thioether (sulfide) groups is 1. The molecule has 1 fully saturated rings. The Labute approximate surface area is 108 Å². The van der Waals surface area contributed by atoms with Gasteiger partial charge in [-0.1, -0.05) is 31.0 Å². The molecule has 1 aliphatic carbocycles. The monoisotopic (exact) mass is 248 g/mol. The van der Waals surface area contributed by atoms with Gasteiger partial charge in [0.2, 0.25) is 0 Å². The minimum Gasteiger partial charge on any atom is -0.299 e. The lowest BCUT2D eigenvalue weighted by atomic mass is 9.97. The van der Waals surface area contributed by atoms with Gasteiger partial charge in [-0.25, -0.2) is 0 Å². The molecule has 0 heterocycles. The van der Waals surface area contributed by atoms with Gasteiger partial charge in [-0.2, -0.15) is 0 Å². The van der Waals surface area contributed by atoms with Gasteiger partial charge in [0.05, 0.1) is 0 Å². The predicted octanol–water partition coefficient (Wildman–Crippen LogP) is 4.10. The number of carbonyl (C=O) groups excluding carboxylic acids is 1. The van der Waals surface area contributed by atoms with Crippen molar-refractivity contribution in [1.29, 1.82) is 0 Å². The van der Waals surface area contributed by atoms with E-state index in [1.54, 1.807) is 11.8 Å². The SMILES string of the molecule is CSc1ccccc1CCC(=O)C1CCCC1. The van der Waals surface area contributed by atoms with E-state index >= 15 is 0 Å². The Kier molecular flexibility index (Phi) is 4.66. The highest BCUT2D eigenvalue weighted by atomic mass is 32.2. The van der Waals surface area contributed by atoms with Crippen molar-refractivity contribution >= 4 is 17.5 Å². The fourth-order valence-corrected chi connectivity index (χ4v) is 3.27. The quantitative estimate of drug-likeness (QED) is 0.730. The highest BCUT2D eigenvalue weighted by Gasteiger charge is 2.22. The average molecular weight is 248 g/mol. The van der Waals surface area contributed by atoms with Crippen molar-refractivity contribution in [2.24, 2.45) is 5.92 Å². The molecule has 92 valence electrons. The van der Waals surface area contributed by atoms with Gasteiger partial charge in [0.15, 0.2) is 0 Å². The number of rotatable bonds is 5. The number of benzene rings is 1. The van der Waals surface area contributed by atoms with E-state index in [2.05, 4.69) is 30.5 Å². The van der Waals surface area contributed by atoms with Crippen molar-refractivity contribution < 1.29 is 4.79 Å². The molecule has 0 aromatic heterocycles. The molecule has 1 nitrogen and oxygen atoms in total. The molecule has 0 radical (unpaired) electrons. The van der Waals surface area contributed by atoms with Crippen LogP contribution in [0.15, 0.2) is 29.2 Å². The summed E-state index contributed by atoms with van der Waals surface area (Å²) >= 11 is 1.77. The zero-order valence-electron chi connectivity index (χ0n) is 10.4. The van der Waals surface area contributed by atoms with Crippen LogP contribution in [0.3, 0.4) is 0 Å². The van der Waals surface area contributed by atoms with Crippen LogP contribution in [-0.4, -0.2) is 12.0 Å². The number of carbonyl (C=O) groups is 1. The summed E-state index contributed by atoms with van der Waals surface area (Å²) in [6.45, 7) is 0. The van der Waals surface area contributed by atoms with Crippen molar-refractivity contribution in [1.82, 2.24) is 0 Å². The fourth-order valence-electron chi connectivity index (χ4n) is 2.62. The van der Waals surface area contributed by atoms with Crippen LogP contribution in [-0.2, 0) is 11.2 Å². The molecular formula is C15H20OS. The zero-order chi connectivity index (χ0) is 12.1. The van der Waals surface area contributed by atoms with Crippen LogP contribution in [0.4, 0.5) is 0 Å². The summed E-state index contributed by atoms with van der Waals surface area (Å²) in [6, 6.07) is 8.41. The summed E-state index contributed by atoms with van der Waals surface area (Å²) in [6.07, 6.45) is 8.48. The van der Waals surface area contributed by atoms with Crippen molar-refractivity contribution in [3.63, 3.8) is 0 Å². The molecule has 0 bridgehead atoms. The summed E-state index contributed by atoms with van der Waals surface area (Å²) in [5, 5.41) is 0. The molecule has 17 heavy (non-hydrogen) atoms. The molecule has 1 aromatic rings. The maximum atomic E-state index is 12.0. The fraction of sp³-hybridized carbons (Fsp3) is 0.533. The van der Waals surface area contributed by atoms with Gasteiger partial charge in [-0.15, -0.1) is 11.8 Å². The van der Waals surface area contributed by atoms with Crippen LogP contribution in [0.5, 0.6) is 0 Å². The minimum absolute atomic E-state index is 0.372. The maximum Gasteiger partial charge on any atom is 0.136 e. The average Bonchev–Trinajstić information content (AvgIpc) is 2.90. The Hall–Kier alpha value is -0.760. The molecule has 1 saturated carbocycles. The predicted molar refractivity (Wildman–Crippen MR) is 73.5 cm³/mol. The first-order valence-corrected chi connectivity index (χ1v) is 7.68. The van der Waals surface area contributed by atoms with Gasteiger partial charge in [-0.05, 0) is 37.1 Å². The van der Waals surface area contributed by atoms with Crippen LogP contribution in [0.25, 0.3) is 0 Å². The molecule has 0 unspecified atom stereocenters. The Balaban J connectivity index is 1.90. The summed E-state index contributed by atoms with van der Waals surface area (Å²) in [7, 11) is 0. The van der Waals surface area contributed by atoms with E-state index in [4.69, 9.17) is 0 Å². The van der Waals surface area contributed by atoms with Gasteiger partial charge in [0.25, 0.3) is 0 Å². The van der Waals surface area contributed by atoms with Gasteiger partial charge >= 0.3 is 0 Å². The van der Waals surface area contributed by atoms with Crippen molar-refractivity contribution in [2.75, 3.05) is 6.26 Å². The number of hydrogen-bond acceptors (Lipinski definition) is 2. The van der Waals surface area contributed by atoms with Crippen LogP contribution in [0.2, 0.25) is 0 Å². The molecule has 2 rings (SSSR count). The van der Waals surface area contributed by atoms with Gasteiger partial charge < -0.3 is 0 Å². The smallest absolute Gasteiger partial charge is 0.136 e. The Morgan fingerprint density at radius 1 is 1.29 bits per heavy atom. The Morgan fingerprint density at radius 3 is 2.71 bits per heavy atom. The molecule has 1 aliphatic rings. The van der Waals surface area contributed by atoms with E-state index in [0.29, 0.717) is 11.7 Å². The van der Waals surface area contributed by atoms with E-state index < -0.39 is 0 Å². The number of ketones is 1. The first-order chi connectivity index (χ1) is 8.31. The van der Waals surface area contributed by atoms with E-state index in [0.717, 1.165) is 25.7 Å². The highest BCUT2D eigenvalue weighted by molar-refractivity contribution is 7.98. The van der Waals surface area contributed by atoms with Crippen LogP contribution < -0.4 is 0 Å². The van der Waals surface area contributed by atoms with Crippen LogP contribution in [0, 0.1) is 5.92 Å². The van der Waals surface area contributed by atoms with Crippen LogP contribution >= 0.6 is 11.8 Å². The molecule has 0 N–H and O–H groups in total. The van der Waals surface area contributed by atoms with E-state index in [9.17, 15) is 4.79 Å². The van der Waals surface area contributed by atoms with E-state index in [1.807, 2.05) is 0 Å². The first kappa shape index (κ1) is 12.7. The largest absolute Gasteiger partial charge is 0.299 e. The second-order valence-corrected chi connectivity index (χ2v) is 5.61. The zero-order valence-corrected chi connectivity index (χ0v) is 11.3. The van der Waals surface area contributed by atoms with Crippen molar-refractivity contribution in [2.45, 2.75) is 43.4 Å². The van der Waals surface area contributed by atoms with Gasteiger partial charge in [0.1, 0.15) is 5.78 Å². The first-order valence-electron chi connectivity index (χ1n) is 6.46. The molecule has 2 heteroatoms. The molecule has 0 aliphatic heterocycles. The summed E-state index contributed by atoms with van der Waals surface area (Å²) in [5.74, 6) is 0.856. The molecule has 1 aromatic carbocycles. The molecule has 0 spiro atoms. The van der Waals surface area contributed by atoms with Crippen LogP contribution in [0.1, 0.15) is 37.7 Å². The second-order valence-electron chi connectivity index (χ2n) is 4.76.